The molecule has 0 amide bonds. The highest BCUT2D eigenvalue weighted by atomic mass is 16.3. The number of hydrogen-bond acceptors (Lipinski definition) is 3. The number of aliphatic hydroxyl groups excluding tert-OH is 1. The Bertz CT molecular complexity index is 697. The first kappa shape index (κ1) is 12.5. The third-order valence-corrected chi connectivity index (χ3v) is 3.28. The van der Waals surface area contributed by atoms with Gasteiger partial charge in [-0.05, 0) is 52.1 Å². The fourth-order valence-corrected chi connectivity index (χ4v) is 2.36. The SMILES string of the molecule is OCc1cccc(-c2ccncc2)c1-c1ccncc1. The van der Waals surface area contributed by atoms with Crippen LogP contribution in [0.2, 0.25) is 0 Å². The van der Waals surface area contributed by atoms with Crippen molar-refractivity contribution >= 4 is 0 Å². The molecule has 2 heterocycles. The van der Waals surface area contributed by atoms with Gasteiger partial charge >= 0.3 is 0 Å². The second-order valence-electron chi connectivity index (χ2n) is 4.47. The Morgan fingerprint density at radius 1 is 0.750 bits per heavy atom. The molecular weight excluding hydrogens is 248 g/mol. The number of aliphatic hydroxyl groups is 1. The summed E-state index contributed by atoms with van der Waals surface area (Å²) < 4.78 is 0. The van der Waals surface area contributed by atoms with E-state index in [9.17, 15) is 5.11 Å². The zero-order valence-electron chi connectivity index (χ0n) is 10.9. The van der Waals surface area contributed by atoms with Gasteiger partial charge in [-0.3, -0.25) is 9.97 Å². The molecule has 2 aromatic heterocycles. The van der Waals surface area contributed by atoms with Gasteiger partial charge in [0.05, 0.1) is 6.61 Å². The van der Waals surface area contributed by atoms with Crippen LogP contribution >= 0.6 is 0 Å². The van der Waals surface area contributed by atoms with Crippen molar-refractivity contribution in [3.8, 4) is 22.3 Å². The minimum Gasteiger partial charge on any atom is -0.392 e. The van der Waals surface area contributed by atoms with E-state index in [1.165, 1.54) is 0 Å². The van der Waals surface area contributed by atoms with Gasteiger partial charge in [-0.1, -0.05) is 18.2 Å². The van der Waals surface area contributed by atoms with E-state index in [-0.39, 0.29) is 6.61 Å². The van der Waals surface area contributed by atoms with Crippen LogP contribution in [0.15, 0.2) is 67.3 Å². The van der Waals surface area contributed by atoms with Crippen LogP contribution in [0.3, 0.4) is 0 Å². The van der Waals surface area contributed by atoms with E-state index in [0.29, 0.717) is 0 Å². The summed E-state index contributed by atoms with van der Waals surface area (Å²) in [4.78, 5) is 8.11. The van der Waals surface area contributed by atoms with Crippen LogP contribution in [0.1, 0.15) is 5.56 Å². The zero-order valence-corrected chi connectivity index (χ0v) is 10.9. The maximum absolute atomic E-state index is 9.62. The predicted octanol–water partition coefficient (Wildman–Crippen LogP) is 3.30. The van der Waals surface area contributed by atoms with Crippen LogP contribution in [0.5, 0.6) is 0 Å². The highest BCUT2D eigenvalue weighted by Crippen LogP contribution is 2.34. The second kappa shape index (κ2) is 5.63. The lowest BCUT2D eigenvalue weighted by atomic mass is 9.91. The van der Waals surface area contributed by atoms with Crippen molar-refractivity contribution < 1.29 is 5.11 Å². The summed E-state index contributed by atoms with van der Waals surface area (Å²) in [6.45, 7) is 0.0105. The van der Waals surface area contributed by atoms with Crippen LogP contribution < -0.4 is 0 Å². The standard InChI is InChI=1S/C17H14N2O/c20-12-15-2-1-3-16(13-4-8-18-9-5-13)17(15)14-6-10-19-11-7-14/h1-11,20H,12H2. The van der Waals surface area contributed by atoms with E-state index in [2.05, 4.69) is 16.0 Å². The molecule has 98 valence electrons. The fraction of sp³-hybridized carbons (Fsp3) is 0.0588. The number of pyridine rings is 2. The molecule has 20 heavy (non-hydrogen) atoms. The summed E-state index contributed by atoms with van der Waals surface area (Å²) in [7, 11) is 0. The minimum absolute atomic E-state index is 0.0105. The Hall–Kier alpha value is -2.52. The van der Waals surface area contributed by atoms with E-state index >= 15 is 0 Å². The first-order chi connectivity index (χ1) is 9.90. The van der Waals surface area contributed by atoms with Crippen LogP contribution in [0, 0.1) is 0 Å². The summed E-state index contributed by atoms with van der Waals surface area (Å²) in [6, 6.07) is 13.8. The van der Waals surface area contributed by atoms with Gasteiger partial charge in [0.1, 0.15) is 0 Å². The van der Waals surface area contributed by atoms with E-state index in [0.717, 1.165) is 27.8 Å². The maximum atomic E-state index is 9.62. The smallest absolute Gasteiger partial charge is 0.0688 e. The van der Waals surface area contributed by atoms with Crippen LogP contribution in [-0.2, 0) is 6.61 Å². The largest absolute Gasteiger partial charge is 0.392 e. The number of rotatable bonds is 3. The molecule has 3 rings (SSSR count). The molecule has 1 aromatic carbocycles. The molecule has 0 fully saturated rings. The average Bonchev–Trinajstić information content (AvgIpc) is 2.55. The summed E-state index contributed by atoms with van der Waals surface area (Å²) >= 11 is 0. The molecule has 3 nitrogen and oxygen atoms in total. The quantitative estimate of drug-likeness (QED) is 0.787. The molecule has 0 radical (unpaired) electrons. The van der Waals surface area contributed by atoms with Crippen molar-refractivity contribution in [2.24, 2.45) is 0 Å². The third kappa shape index (κ3) is 2.31. The first-order valence-corrected chi connectivity index (χ1v) is 6.43. The number of benzene rings is 1. The maximum Gasteiger partial charge on any atom is 0.0688 e. The molecule has 0 bridgehead atoms. The predicted molar refractivity (Wildman–Crippen MR) is 78.8 cm³/mol. The van der Waals surface area contributed by atoms with Crippen LogP contribution in [0.25, 0.3) is 22.3 Å². The summed E-state index contributed by atoms with van der Waals surface area (Å²) in [5, 5.41) is 9.62. The molecule has 0 atom stereocenters. The first-order valence-electron chi connectivity index (χ1n) is 6.43. The molecule has 0 unspecified atom stereocenters. The van der Waals surface area contributed by atoms with E-state index < -0.39 is 0 Å². The second-order valence-corrected chi connectivity index (χ2v) is 4.47. The lowest BCUT2D eigenvalue weighted by Gasteiger charge is -2.14. The van der Waals surface area contributed by atoms with Crippen molar-refractivity contribution in [2.75, 3.05) is 0 Å². The fourth-order valence-electron chi connectivity index (χ4n) is 2.36. The van der Waals surface area contributed by atoms with Gasteiger partial charge < -0.3 is 5.11 Å². The van der Waals surface area contributed by atoms with E-state index in [1.54, 1.807) is 24.8 Å². The Labute approximate surface area is 117 Å². The monoisotopic (exact) mass is 262 g/mol. The van der Waals surface area contributed by atoms with E-state index in [4.69, 9.17) is 0 Å². The highest BCUT2D eigenvalue weighted by Gasteiger charge is 2.11. The molecule has 0 aliphatic rings. The molecule has 0 saturated heterocycles. The highest BCUT2D eigenvalue weighted by molar-refractivity contribution is 5.85. The molecule has 0 aliphatic heterocycles. The Morgan fingerprint density at radius 2 is 1.35 bits per heavy atom. The topological polar surface area (TPSA) is 46.0 Å². The van der Waals surface area contributed by atoms with Crippen molar-refractivity contribution in [1.29, 1.82) is 0 Å². The Balaban J connectivity index is 2.26. The van der Waals surface area contributed by atoms with Gasteiger partial charge in [0, 0.05) is 24.8 Å². The van der Waals surface area contributed by atoms with Crippen molar-refractivity contribution in [2.45, 2.75) is 6.61 Å². The van der Waals surface area contributed by atoms with Crippen molar-refractivity contribution in [1.82, 2.24) is 9.97 Å². The third-order valence-electron chi connectivity index (χ3n) is 3.28. The summed E-state index contributed by atoms with van der Waals surface area (Å²) in [5.41, 5.74) is 5.18. The molecule has 3 heteroatoms. The number of aromatic nitrogens is 2. The molecule has 0 spiro atoms. The molecule has 1 N–H and O–H groups in total. The lowest BCUT2D eigenvalue weighted by Crippen LogP contribution is -1.93. The summed E-state index contributed by atoms with van der Waals surface area (Å²) in [6.07, 6.45) is 7.08. The Morgan fingerprint density at radius 3 is 1.95 bits per heavy atom. The molecule has 0 aliphatic carbocycles. The summed E-state index contributed by atoms with van der Waals surface area (Å²) in [5.74, 6) is 0. The van der Waals surface area contributed by atoms with Crippen LogP contribution in [0.4, 0.5) is 0 Å². The average molecular weight is 262 g/mol. The van der Waals surface area contributed by atoms with Crippen LogP contribution in [-0.4, -0.2) is 15.1 Å². The van der Waals surface area contributed by atoms with Gasteiger partial charge in [-0.2, -0.15) is 0 Å². The van der Waals surface area contributed by atoms with Gasteiger partial charge in [0.15, 0.2) is 0 Å². The van der Waals surface area contributed by atoms with Gasteiger partial charge in [0.25, 0.3) is 0 Å². The Kier molecular flexibility index (Phi) is 3.52. The minimum atomic E-state index is 0.0105. The number of nitrogens with zero attached hydrogens (tertiary/aromatic N) is 2. The van der Waals surface area contributed by atoms with Crippen molar-refractivity contribution in [3.63, 3.8) is 0 Å². The number of hydrogen-bond donors (Lipinski definition) is 1. The van der Waals surface area contributed by atoms with Gasteiger partial charge in [-0.25, -0.2) is 0 Å². The molecule has 3 aromatic rings. The molecular formula is C17H14N2O. The van der Waals surface area contributed by atoms with Gasteiger partial charge in [-0.15, -0.1) is 0 Å². The normalized spacial score (nSPS) is 10.4. The molecule has 0 saturated carbocycles. The van der Waals surface area contributed by atoms with Gasteiger partial charge in [0.2, 0.25) is 0 Å². The zero-order chi connectivity index (χ0) is 13.8. The van der Waals surface area contributed by atoms with E-state index in [1.807, 2.05) is 36.4 Å². The van der Waals surface area contributed by atoms with Crippen molar-refractivity contribution in [3.05, 3.63) is 72.8 Å². The lowest BCUT2D eigenvalue weighted by molar-refractivity contribution is 0.282.